The van der Waals surface area contributed by atoms with Crippen LogP contribution in [0.25, 0.3) is 0 Å². The van der Waals surface area contributed by atoms with Crippen molar-refractivity contribution >= 4 is 21.8 Å². The highest BCUT2D eigenvalue weighted by Crippen LogP contribution is 2.15. The van der Waals surface area contributed by atoms with Gasteiger partial charge in [-0.25, -0.2) is 0 Å². The number of nitrogens with one attached hydrogen (secondary N) is 1. The lowest BCUT2D eigenvalue weighted by molar-refractivity contribution is 0.0956. The fourth-order valence-corrected chi connectivity index (χ4v) is 1.44. The molecule has 3 heteroatoms. The minimum atomic E-state index is -0.0829. The Morgan fingerprint density at radius 3 is 2.71 bits per heavy atom. The molecule has 2 nitrogen and oxygen atoms in total. The number of carbonyl (C=O) groups is 1. The molecule has 0 heterocycles. The fraction of sp³-hybridized carbons (Fsp3) is 0.182. The van der Waals surface area contributed by atoms with E-state index >= 15 is 0 Å². The van der Waals surface area contributed by atoms with Crippen LogP contribution in [0.3, 0.4) is 0 Å². The Balaban J connectivity index is 2.70. The van der Waals surface area contributed by atoms with Gasteiger partial charge in [0.15, 0.2) is 0 Å². The van der Waals surface area contributed by atoms with Crippen molar-refractivity contribution in [3.8, 4) is 0 Å². The molecule has 74 valence electrons. The Morgan fingerprint density at radius 1 is 1.50 bits per heavy atom. The van der Waals surface area contributed by atoms with E-state index in [4.69, 9.17) is 0 Å². The molecule has 1 aromatic rings. The van der Waals surface area contributed by atoms with Crippen molar-refractivity contribution in [2.45, 2.75) is 6.92 Å². The van der Waals surface area contributed by atoms with E-state index in [1.807, 2.05) is 25.1 Å². The van der Waals surface area contributed by atoms with Gasteiger partial charge in [-0.1, -0.05) is 24.3 Å². The van der Waals surface area contributed by atoms with Gasteiger partial charge >= 0.3 is 0 Å². The van der Waals surface area contributed by atoms with Gasteiger partial charge in [0.05, 0.1) is 5.56 Å². The van der Waals surface area contributed by atoms with Crippen LogP contribution in [-0.2, 0) is 0 Å². The Labute approximate surface area is 92.1 Å². The molecule has 1 amide bonds. The van der Waals surface area contributed by atoms with Gasteiger partial charge < -0.3 is 5.32 Å². The Morgan fingerprint density at radius 2 is 2.14 bits per heavy atom. The summed E-state index contributed by atoms with van der Waals surface area (Å²) < 4.78 is 0.805. The van der Waals surface area contributed by atoms with Crippen LogP contribution in [0.15, 0.2) is 40.9 Å². The van der Waals surface area contributed by atoms with Gasteiger partial charge in [0.25, 0.3) is 5.91 Å². The quantitative estimate of drug-likeness (QED) is 0.825. The van der Waals surface area contributed by atoms with E-state index < -0.39 is 0 Å². The third-order valence-corrected chi connectivity index (χ3v) is 2.36. The molecule has 0 aliphatic rings. The van der Waals surface area contributed by atoms with E-state index in [0.717, 1.165) is 10.0 Å². The molecule has 0 unspecified atom stereocenters. The monoisotopic (exact) mass is 253 g/mol. The maximum Gasteiger partial charge on any atom is 0.252 e. The van der Waals surface area contributed by atoms with Gasteiger partial charge in [-0.2, -0.15) is 0 Å². The predicted molar refractivity (Wildman–Crippen MR) is 61.3 cm³/mol. The lowest BCUT2D eigenvalue weighted by Crippen LogP contribution is -2.25. The van der Waals surface area contributed by atoms with Gasteiger partial charge in [0.1, 0.15) is 0 Å². The van der Waals surface area contributed by atoms with Crippen molar-refractivity contribution in [3.63, 3.8) is 0 Å². The molecular weight excluding hydrogens is 242 g/mol. The second-order valence-corrected chi connectivity index (χ2v) is 3.97. The summed E-state index contributed by atoms with van der Waals surface area (Å²) in [4.78, 5) is 11.6. The Hall–Kier alpha value is -1.09. The minimum Gasteiger partial charge on any atom is -0.348 e. The molecule has 1 aromatic carbocycles. The summed E-state index contributed by atoms with van der Waals surface area (Å²) in [6.07, 6.45) is 0. The highest BCUT2D eigenvalue weighted by Gasteiger charge is 2.07. The Kier molecular flexibility index (Phi) is 3.89. The van der Waals surface area contributed by atoms with Gasteiger partial charge in [0, 0.05) is 11.0 Å². The maximum atomic E-state index is 11.6. The summed E-state index contributed by atoms with van der Waals surface area (Å²) in [5.74, 6) is -0.0829. The van der Waals surface area contributed by atoms with E-state index in [-0.39, 0.29) is 5.91 Å². The lowest BCUT2D eigenvalue weighted by atomic mass is 10.2. The zero-order chi connectivity index (χ0) is 10.6. The first-order valence-corrected chi connectivity index (χ1v) is 5.07. The molecule has 0 spiro atoms. The van der Waals surface area contributed by atoms with E-state index in [1.54, 1.807) is 6.07 Å². The number of rotatable bonds is 3. The third kappa shape index (κ3) is 3.00. The molecular formula is C11H12BrNO. The summed E-state index contributed by atoms with van der Waals surface area (Å²) in [5.41, 5.74) is 1.58. The predicted octanol–water partition coefficient (Wildman–Crippen LogP) is 2.76. The van der Waals surface area contributed by atoms with E-state index in [9.17, 15) is 4.79 Å². The molecule has 0 aromatic heterocycles. The van der Waals surface area contributed by atoms with Gasteiger partial charge in [-0.3, -0.25) is 4.79 Å². The number of carbonyl (C=O) groups excluding carboxylic acids is 1. The topological polar surface area (TPSA) is 29.1 Å². The van der Waals surface area contributed by atoms with Crippen molar-refractivity contribution in [1.29, 1.82) is 0 Å². The average molecular weight is 254 g/mol. The molecule has 0 fully saturated rings. The SMILES string of the molecule is C=C(C)CNC(=O)c1ccccc1Br. The molecule has 14 heavy (non-hydrogen) atoms. The van der Waals surface area contributed by atoms with Crippen LogP contribution in [0.5, 0.6) is 0 Å². The number of hydrogen-bond donors (Lipinski definition) is 1. The first-order chi connectivity index (χ1) is 6.61. The van der Waals surface area contributed by atoms with Crippen molar-refractivity contribution in [2.75, 3.05) is 6.54 Å². The van der Waals surface area contributed by atoms with E-state index in [1.165, 1.54) is 0 Å². The Bertz CT molecular complexity index is 360. The van der Waals surface area contributed by atoms with E-state index in [2.05, 4.69) is 27.8 Å². The lowest BCUT2D eigenvalue weighted by Gasteiger charge is -2.05. The molecule has 0 aliphatic heterocycles. The first kappa shape index (κ1) is 11.0. The molecule has 0 aliphatic carbocycles. The second-order valence-electron chi connectivity index (χ2n) is 3.12. The number of amides is 1. The molecule has 1 N–H and O–H groups in total. The molecule has 0 radical (unpaired) electrons. The zero-order valence-corrected chi connectivity index (χ0v) is 9.60. The second kappa shape index (κ2) is 4.96. The molecule has 0 atom stereocenters. The smallest absolute Gasteiger partial charge is 0.252 e. The molecule has 0 saturated carbocycles. The van der Waals surface area contributed by atoms with E-state index in [0.29, 0.717) is 12.1 Å². The normalized spacial score (nSPS) is 9.57. The highest BCUT2D eigenvalue weighted by molar-refractivity contribution is 9.10. The number of halogens is 1. The molecule has 1 rings (SSSR count). The summed E-state index contributed by atoms with van der Waals surface area (Å²) in [5, 5.41) is 2.77. The average Bonchev–Trinajstić information content (AvgIpc) is 2.15. The van der Waals surface area contributed by atoms with Gasteiger partial charge in [-0.15, -0.1) is 0 Å². The number of hydrogen-bond acceptors (Lipinski definition) is 1. The molecule has 0 bridgehead atoms. The van der Waals surface area contributed by atoms with Crippen LogP contribution in [-0.4, -0.2) is 12.5 Å². The summed E-state index contributed by atoms with van der Waals surface area (Å²) in [6.45, 7) is 6.11. The third-order valence-electron chi connectivity index (χ3n) is 1.67. The minimum absolute atomic E-state index is 0.0829. The van der Waals surface area contributed by atoms with Crippen LogP contribution >= 0.6 is 15.9 Å². The van der Waals surface area contributed by atoms with Gasteiger partial charge in [-0.05, 0) is 35.0 Å². The molecule has 0 saturated heterocycles. The van der Waals surface area contributed by atoms with Crippen LogP contribution in [0, 0.1) is 0 Å². The van der Waals surface area contributed by atoms with Crippen LogP contribution < -0.4 is 5.32 Å². The fourth-order valence-electron chi connectivity index (χ4n) is 0.972. The number of benzene rings is 1. The zero-order valence-electron chi connectivity index (χ0n) is 8.01. The van der Waals surface area contributed by atoms with Crippen molar-refractivity contribution in [2.24, 2.45) is 0 Å². The summed E-state index contributed by atoms with van der Waals surface area (Å²) >= 11 is 3.32. The van der Waals surface area contributed by atoms with Crippen LogP contribution in [0.4, 0.5) is 0 Å². The van der Waals surface area contributed by atoms with Crippen molar-refractivity contribution in [3.05, 3.63) is 46.5 Å². The maximum absolute atomic E-state index is 11.6. The van der Waals surface area contributed by atoms with Gasteiger partial charge in [0.2, 0.25) is 0 Å². The van der Waals surface area contributed by atoms with Crippen LogP contribution in [0.1, 0.15) is 17.3 Å². The summed E-state index contributed by atoms with van der Waals surface area (Å²) in [7, 11) is 0. The first-order valence-electron chi connectivity index (χ1n) is 4.28. The highest BCUT2D eigenvalue weighted by atomic mass is 79.9. The van der Waals surface area contributed by atoms with Crippen molar-refractivity contribution in [1.82, 2.24) is 5.32 Å². The van der Waals surface area contributed by atoms with Crippen molar-refractivity contribution < 1.29 is 4.79 Å². The van der Waals surface area contributed by atoms with Crippen LogP contribution in [0.2, 0.25) is 0 Å². The summed E-state index contributed by atoms with van der Waals surface area (Å²) in [6, 6.07) is 7.33. The largest absolute Gasteiger partial charge is 0.348 e. The standard InChI is InChI=1S/C11H12BrNO/c1-8(2)7-13-11(14)9-5-3-4-6-10(9)12/h3-6H,1,7H2,2H3,(H,13,14).